The summed E-state index contributed by atoms with van der Waals surface area (Å²) in [7, 11) is 0. The zero-order valence-corrected chi connectivity index (χ0v) is 16.7. The van der Waals surface area contributed by atoms with E-state index in [0.717, 1.165) is 50.3 Å². The molecule has 3 rings (SSSR count). The summed E-state index contributed by atoms with van der Waals surface area (Å²) in [6.45, 7) is 10.4. The molecule has 0 unspecified atom stereocenters. The summed E-state index contributed by atoms with van der Waals surface area (Å²) in [4.78, 5) is 30.5. The monoisotopic (exact) mass is 373 g/mol. The van der Waals surface area contributed by atoms with Crippen LogP contribution in [0, 0.1) is 0 Å². The van der Waals surface area contributed by atoms with E-state index in [1.54, 1.807) is 6.92 Å². The van der Waals surface area contributed by atoms with Gasteiger partial charge in [-0.05, 0) is 19.9 Å². The Bertz CT molecular complexity index is 679. The van der Waals surface area contributed by atoms with Crippen LogP contribution in [0.4, 0.5) is 0 Å². The minimum atomic E-state index is -0.368. The van der Waals surface area contributed by atoms with Crippen LogP contribution in [0.3, 0.4) is 0 Å². The van der Waals surface area contributed by atoms with Crippen molar-refractivity contribution >= 4 is 11.8 Å². The normalized spacial score (nSPS) is 19.1. The molecule has 1 saturated heterocycles. The summed E-state index contributed by atoms with van der Waals surface area (Å²) < 4.78 is 6.49. The highest BCUT2D eigenvalue weighted by atomic mass is 16.5. The second kappa shape index (κ2) is 8.30. The average Bonchev–Trinajstić information content (AvgIpc) is 2.81. The molecule has 2 aliphatic rings. The van der Waals surface area contributed by atoms with Gasteiger partial charge in [0.2, 0.25) is 11.8 Å². The Kier molecular flexibility index (Phi) is 6.05. The molecule has 2 aliphatic heterocycles. The van der Waals surface area contributed by atoms with Gasteiger partial charge in [0.15, 0.2) is 0 Å². The minimum Gasteiger partial charge on any atom is -0.485 e. The van der Waals surface area contributed by atoms with Gasteiger partial charge in [0, 0.05) is 58.1 Å². The van der Waals surface area contributed by atoms with E-state index >= 15 is 0 Å². The Morgan fingerprint density at radius 3 is 2.44 bits per heavy atom. The van der Waals surface area contributed by atoms with Crippen molar-refractivity contribution in [1.29, 1.82) is 0 Å². The van der Waals surface area contributed by atoms with E-state index in [1.165, 1.54) is 0 Å². The number of fused-ring (bicyclic) bond motifs is 1. The van der Waals surface area contributed by atoms with Gasteiger partial charge in [0.05, 0.1) is 13.1 Å². The molecule has 0 radical (unpaired) electrons. The van der Waals surface area contributed by atoms with Crippen molar-refractivity contribution < 1.29 is 14.3 Å². The molecule has 1 spiro atoms. The summed E-state index contributed by atoms with van der Waals surface area (Å²) in [6, 6.07) is 7.99. The van der Waals surface area contributed by atoms with Gasteiger partial charge in [0.1, 0.15) is 11.4 Å². The third kappa shape index (κ3) is 4.43. The van der Waals surface area contributed by atoms with Gasteiger partial charge in [0.25, 0.3) is 0 Å². The second-order valence-corrected chi connectivity index (χ2v) is 7.61. The molecular weight excluding hydrogens is 342 g/mol. The Hall–Kier alpha value is -2.08. The lowest BCUT2D eigenvalue weighted by molar-refractivity contribution is -0.134. The fourth-order valence-electron chi connectivity index (χ4n) is 4.08. The van der Waals surface area contributed by atoms with Crippen molar-refractivity contribution in [2.75, 3.05) is 39.3 Å². The molecule has 0 saturated carbocycles. The molecule has 2 heterocycles. The zero-order chi connectivity index (χ0) is 19.4. The van der Waals surface area contributed by atoms with Crippen molar-refractivity contribution in [2.24, 2.45) is 0 Å². The summed E-state index contributed by atoms with van der Waals surface area (Å²) in [6.07, 6.45) is 1.63. The number of likely N-dealkylation sites (N-methyl/N-ethyl adjacent to an activating group) is 1. The van der Waals surface area contributed by atoms with Gasteiger partial charge >= 0.3 is 0 Å². The molecule has 2 amide bonds. The summed E-state index contributed by atoms with van der Waals surface area (Å²) in [5.41, 5.74) is 0.691. The SMILES string of the molecule is CCN(CC)C(=O)CN1CCC2(CC1)CN(C(C)=O)Cc1ccccc1O2. The van der Waals surface area contributed by atoms with E-state index in [1.807, 2.05) is 47.9 Å². The third-order valence-electron chi connectivity index (χ3n) is 5.83. The Morgan fingerprint density at radius 1 is 1.15 bits per heavy atom. The number of benzene rings is 1. The topological polar surface area (TPSA) is 53.1 Å². The van der Waals surface area contributed by atoms with Crippen LogP contribution in [0.5, 0.6) is 5.75 Å². The van der Waals surface area contributed by atoms with Gasteiger partial charge in [-0.25, -0.2) is 0 Å². The summed E-state index contributed by atoms with van der Waals surface area (Å²) in [5, 5.41) is 0. The highest BCUT2D eigenvalue weighted by molar-refractivity contribution is 5.78. The number of carbonyl (C=O) groups is 2. The average molecular weight is 373 g/mol. The predicted molar refractivity (Wildman–Crippen MR) is 104 cm³/mol. The van der Waals surface area contributed by atoms with Crippen molar-refractivity contribution in [3.05, 3.63) is 29.8 Å². The number of piperidine rings is 1. The Labute approximate surface area is 162 Å². The molecule has 27 heavy (non-hydrogen) atoms. The molecule has 0 aliphatic carbocycles. The first-order chi connectivity index (χ1) is 13.0. The van der Waals surface area contributed by atoms with Gasteiger partial charge in [-0.1, -0.05) is 18.2 Å². The molecule has 1 aromatic rings. The maximum absolute atomic E-state index is 12.4. The maximum atomic E-state index is 12.4. The van der Waals surface area contributed by atoms with Gasteiger partial charge in [-0.3, -0.25) is 14.5 Å². The van der Waals surface area contributed by atoms with Crippen molar-refractivity contribution in [1.82, 2.24) is 14.7 Å². The number of likely N-dealkylation sites (tertiary alicyclic amines) is 1. The fourth-order valence-corrected chi connectivity index (χ4v) is 4.08. The number of para-hydroxylation sites is 1. The van der Waals surface area contributed by atoms with E-state index in [-0.39, 0.29) is 17.4 Å². The van der Waals surface area contributed by atoms with E-state index in [2.05, 4.69) is 4.90 Å². The largest absolute Gasteiger partial charge is 0.485 e. The van der Waals surface area contributed by atoms with Crippen LogP contribution in [-0.4, -0.2) is 71.4 Å². The van der Waals surface area contributed by atoms with Crippen molar-refractivity contribution in [2.45, 2.75) is 45.8 Å². The molecule has 0 bridgehead atoms. The van der Waals surface area contributed by atoms with Crippen LogP contribution in [0.2, 0.25) is 0 Å². The number of hydrogen-bond acceptors (Lipinski definition) is 4. The molecule has 0 atom stereocenters. The molecule has 1 aromatic carbocycles. The smallest absolute Gasteiger partial charge is 0.236 e. The van der Waals surface area contributed by atoms with E-state index < -0.39 is 0 Å². The highest BCUT2D eigenvalue weighted by Crippen LogP contribution is 2.35. The lowest BCUT2D eigenvalue weighted by atomic mass is 9.90. The molecule has 6 nitrogen and oxygen atoms in total. The van der Waals surface area contributed by atoms with Crippen LogP contribution >= 0.6 is 0 Å². The molecular formula is C21H31N3O3. The van der Waals surface area contributed by atoms with E-state index in [4.69, 9.17) is 4.74 Å². The number of ether oxygens (including phenoxy) is 1. The Morgan fingerprint density at radius 2 is 1.81 bits per heavy atom. The number of rotatable bonds is 4. The molecule has 148 valence electrons. The lowest BCUT2D eigenvalue weighted by Crippen LogP contribution is -2.55. The number of nitrogens with zero attached hydrogens (tertiary/aromatic N) is 3. The fraction of sp³-hybridized carbons (Fsp3) is 0.619. The molecule has 0 aromatic heterocycles. The summed E-state index contributed by atoms with van der Waals surface area (Å²) >= 11 is 0. The van der Waals surface area contributed by atoms with Crippen molar-refractivity contribution in [3.63, 3.8) is 0 Å². The quantitative estimate of drug-likeness (QED) is 0.811. The van der Waals surface area contributed by atoms with Gasteiger partial charge in [-0.2, -0.15) is 0 Å². The van der Waals surface area contributed by atoms with Gasteiger partial charge < -0.3 is 14.5 Å². The maximum Gasteiger partial charge on any atom is 0.236 e. The van der Waals surface area contributed by atoms with Gasteiger partial charge in [-0.15, -0.1) is 0 Å². The first-order valence-electron chi connectivity index (χ1n) is 9.99. The van der Waals surface area contributed by atoms with Crippen LogP contribution in [-0.2, 0) is 16.1 Å². The number of hydrogen-bond donors (Lipinski definition) is 0. The highest BCUT2D eigenvalue weighted by Gasteiger charge is 2.41. The third-order valence-corrected chi connectivity index (χ3v) is 5.83. The number of amides is 2. The predicted octanol–water partition coefficient (Wildman–Crippen LogP) is 2.13. The van der Waals surface area contributed by atoms with Crippen LogP contribution in [0.1, 0.15) is 39.2 Å². The standard InChI is InChI=1S/C21H31N3O3/c1-4-23(5-2)20(26)15-22-12-10-21(11-13-22)16-24(17(3)25)14-18-8-6-7-9-19(18)27-21/h6-9H,4-5,10-16H2,1-3H3. The summed E-state index contributed by atoms with van der Waals surface area (Å²) in [5.74, 6) is 1.15. The first kappa shape index (κ1) is 19.7. The Balaban J connectivity index is 1.70. The van der Waals surface area contributed by atoms with Crippen LogP contribution < -0.4 is 4.74 Å². The van der Waals surface area contributed by atoms with Crippen molar-refractivity contribution in [3.8, 4) is 5.75 Å². The molecule has 6 heteroatoms. The zero-order valence-electron chi connectivity index (χ0n) is 16.7. The van der Waals surface area contributed by atoms with E-state index in [9.17, 15) is 9.59 Å². The van der Waals surface area contributed by atoms with Crippen LogP contribution in [0.15, 0.2) is 24.3 Å². The number of carbonyl (C=O) groups excluding carboxylic acids is 2. The first-order valence-corrected chi connectivity index (χ1v) is 9.99. The lowest BCUT2D eigenvalue weighted by Gasteiger charge is -2.42. The molecule has 0 N–H and O–H groups in total. The minimum absolute atomic E-state index is 0.0776. The van der Waals surface area contributed by atoms with E-state index in [0.29, 0.717) is 19.6 Å². The second-order valence-electron chi connectivity index (χ2n) is 7.61. The molecule has 1 fully saturated rings. The van der Waals surface area contributed by atoms with Crippen LogP contribution in [0.25, 0.3) is 0 Å².